The van der Waals surface area contributed by atoms with Crippen LogP contribution in [0, 0.1) is 5.92 Å². The van der Waals surface area contributed by atoms with E-state index in [0.717, 1.165) is 0 Å². The van der Waals surface area contributed by atoms with Gasteiger partial charge in [-0.3, -0.25) is 0 Å². The molecule has 1 heterocycles. The summed E-state index contributed by atoms with van der Waals surface area (Å²) < 4.78 is 0. The van der Waals surface area contributed by atoms with Crippen molar-refractivity contribution in [1.82, 2.24) is 5.43 Å². The summed E-state index contributed by atoms with van der Waals surface area (Å²) in [6, 6.07) is 0. The van der Waals surface area contributed by atoms with Gasteiger partial charge in [-0.05, 0) is 18.9 Å². The lowest BCUT2D eigenvalue weighted by Crippen LogP contribution is -2.07. The van der Waals surface area contributed by atoms with Gasteiger partial charge in [-0.1, -0.05) is 25.7 Å². The molecule has 12 heavy (non-hydrogen) atoms. The molecule has 0 saturated heterocycles. The zero-order chi connectivity index (χ0) is 8.23. The Morgan fingerprint density at radius 2 is 1.83 bits per heavy atom. The third kappa shape index (κ3) is 1.68. The largest absolute Gasteiger partial charge is 0.159 e. The first-order chi connectivity index (χ1) is 5.97. The van der Waals surface area contributed by atoms with E-state index in [1.165, 1.54) is 44.2 Å². The van der Waals surface area contributed by atoms with Crippen molar-refractivity contribution in [3.8, 4) is 0 Å². The number of rotatable bonds is 1. The third-order valence-corrected chi connectivity index (χ3v) is 2.76. The fraction of sp³-hybridized carbons (Fsp3) is 0.700. The Morgan fingerprint density at radius 3 is 2.42 bits per heavy atom. The van der Waals surface area contributed by atoms with Crippen molar-refractivity contribution < 1.29 is 0 Å². The van der Waals surface area contributed by atoms with E-state index >= 15 is 0 Å². The van der Waals surface area contributed by atoms with Gasteiger partial charge in [-0.15, -0.1) is 0 Å². The molecule has 0 atom stereocenters. The first-order valence-corrected chi connectivity index (χ1v) is 4.91. The minimum Gasteiger partial charge on any atom is -0.159 e. The summed E-state index contributed by atoms with van der Waals surface area (Å²) in [5.41, 5.74) is 5.35. The second kappa shape index (κ2) is 3.74. The second-order valence-corrected chi connectivity index (χ2v) is 3.64. The molecule has 0 amide bonds. The topological polar surface area (TPSA) is 26.5 Å². The molecular weight excluding hydrogens is 148 g/mol. The molecule has 2 aliphatic rings. The maximum Gasteiger partial charge on any atom is 0.0677 e. The van der Waals surface area contributed by atoms with Crippen molar-refractivity contribution in [2.45, 2.75) is 38.5 Å². The smallest absolute Gasteiger partial charge is 0.0677 e. The van der Waals surface area contributed by atoms with E-state index in [0.29, 0.717) is 5.92 Å². The van der Waals surface area contributed by atoms with Gasteiger partial charge < -0.3 is 0 Å². The van der Waals surface area contributed by atoms with E-state index in [9.17, 15) is 0 Å². The molecule has 65 valence electrons. The van der Waals surface area contributed by atoms with Crippen molar-refractivity contribution in [2.24, 2.45) is 11.0 Å². The van der Waals surface area contributed by atoms with Gasteiger partial charge in [-0.2, -0.15) is 10.5 Å². The summed E-state index contributed by atoms with van der Waals surface area (Å²) in [6.07, 6.45) is 12.1. The molecule has 1 radical (unpaired) electrons. The zero-order valence-electron chi connectivity index (χ0n) is 7.37. The normalized spacial score (nSPS) is 24.8. The fourth-order valence-electron chi connectivity index (χ4n) is 2.04. The van der Waals surface area contributed by atoms with E-state index in [2.05, 4.69) is 16.6 Å². The Labute approximate surface area is 73.7 Å². The van der Waals surface area contributed by atoms with Gasteiger partial charge in [-0.25, -0.2) is 0 Å². The molecule has 2 heteroatoms. The SMILES string of the molecule is C1=N[N]C(C2CCCCCC2)=C1. The summed E-state index contributed by atoms with van der Waals surface area (Å²) in [7, 11) is 0. The van der Waals surface area contributed by atoms with Crippen LogP contribution in [-0.2, 0) is 0 Å². The first-order valence-electron chi connectivity index (χ1n) is 4.91. The molecule has 0 unspecified atom stereocenters. The molecule has 0 aromatic rings. The van der Waals surface area contributed by atoms with Gasteiger partial charge in [0.25, 0.3) is 0 Å². The van der Waals surface area contributed by atoms with Crippen LogP contribution >= 0.6 is 0 Å². The summed E-state index contributed by atoms with van der Waals surface area (Å²) in [4.78, 5) is 0. The second-order valence-electron chi connectivity index (χ2n) is 3.64. The molecule has 1 aliphatic heterocycles. The molecule has 0 bridgehead atoms. The standard InChI is InChI=1S/C10H15N2/c1-2-4-6-9(5-3-1)10-7-8-11-12-10/h7-9H,1-6H2. The van der Waals surface area contributed by atoms with Gasteiger partial charge in [0, 0.05) is 5.92 Å². The van der Waals surface area contributed by atoms with Gasteiger partial charge in [0.2, 0.25) is 0 Å². The Morgan fingerprint density at radius 1 is 1.08 bits per heavy atom. The van der Waals surface area contributed by atoms with Crippen LogP contribution in [0.3, 0.4) is 0 Å². The number of hydrogen-bond acceptors (Lipinski definition) is 1. The predicted octanol–water partition coefficient (Wildman–Crippen LogP) is 2.44. The van der Waals surface area contributed by atoms with E-state index in [1.807, 2.05) is 0 Å². The summed E-state index contributed by atoms with van der Waals surface area (Å²) in [5, 5.41) is 3.88. The average Bonchev–Trinajstić information content (AvgIpc) is 2.48. The molecule has 0 N–H and O–H groups in total. The van der Waals surface area contributed by atoms with Crippen molar-refractivity contribution in [2.75, 3.05) is 0 Å². The van der Waals surface area contributed by atoms with Crippen LogP contribution in [0.5, 0.6) is 0 Å². The van der Waals surface area contributed by atoms with Crippen LogP contribution in [-0.4, -0.2) is 6.21 Å². The Kier molecular flexibility index (Phi) is 2.45. The van der Waals surface area contributed by atoms with E-state index < -0.39 is 0 Å². The van der Waals surface area contributed by atoms with Crippen molar-refractivity contribution in [3.63, 3.8) is 0 Å². The summed E-state index contributed by atoms with van der Waals surface area (Å²) in [6.45, 7) is 0. The predicted molar refractivity (Wildman–Crippen MR) is 49.9 cm³/mol. The molecule has 1 fully saturated rings. The zero-order valence-corrected chi connectivity index (χ0v) is 7.37. The minimum absolute atomic E-state index is 0.704. The molecule has 1 saturated carbocycles. The maximum atomic E-state index is 4.13. The van der Waals surface area contributed by atoms with Crippen molar-refractivity contribution in [3.05, 3.63) is 11.8 Å². The van der Waals surface area contributed by atoms with Crippen LogP contribution in [0.4, 0.5) is 0 Å². The first kappa shape index (κ1) is 7.84. The number of hydrogen-bond donors (Lipinski definition) is 0. The maximum absolute atomic E-state index is 4.13. The van der Waals surface area contributed by atoms with Gasteiger partial charge in [0.1, 0.15) is 0 Å². The molecule has 1 aliphatic carbocycles. The van der Waals surface area contributed by atoms with Crippen molar-refractivity contribution in [1.29, 1.82) is 0 Å². The summed E-state index contributed by atoms with van der Waals surface area (Å²) in [5.74, 6) is 0.704. The third-order valence-electron chi connectivity index (χ3n) is 2.76. The average molecular weight is 163 g/mol. The quantitative estimate of drug-likeness (QED) is 0.531. The molecule has 0 aromatic carbocycles. The highest BCUT2D eigenvalue weighted by Crippen LogP contribution is 2.28. The Balaban J connectivity index is 1.93. The molecule has 2 rings (SSSR count). The van der Waals surface area contributed by atoms with Gasteiger partial charge in [0.05, 0.1) is 11.9 Å². The molecule has 0 spiro atoms. The summed E-state index contributed by atoms with van der Waals surface area (Å²) >= 11 is 0. The Bertz CT molecular complexity index is 198. The highest BCUT2D eigenvalue weighted by atomic mass is 15.3. The molecule has 0 aromatic heterocycles. The number of nitrogens with zero attached hydrogens (tertiary/aromatic N) is 2. The van der Waals surface area contributed by atoms with Crippen LogP contribution in [0.15, 0.2) is 16.9 Å². The minimum atomic E-state index is 0.704. The lowest BCUT2D eigenvalue weighted by Gasteiger charge is -2.12. The van der Waals surface area contributed by atoms with Crippen LogP contribution in [0.2, 0.25) is 0 Å². The van der Waals surface area contributed by atoms with Crippen LogP contribution in [0.1, 0.15) is 38.5 Å². The van der Waals surface area contributed by atoms with E-state index in [-0.39, 0.29) is 0 Å². The van der Waals surface area contributed by atoms with E-state index in [4.69, 9.17) is 0 Å². The van der Waals surface area contributed by atoms with E-state index in [1.54, 1.807) is 6.21 Å². The molecular formula is C10H15N2. The van der Waals surface area contributed by atoms with Crippen molar-refractivity contribution >= 4 is 6.21 Å². The fourth-order valence-corrected chi connectivity index (χ4v) is 2.04. The monoisotopic (exact) mass is 163 g/mol. The van der Waals surface area contributed by atoms with Gasteiger partial charge >= 0.3 is 0 Å². The highest BCUT2D eigenvalue weighted by Gasteiger charge is 2.18. The number of allylic oxidation sites excluding steroid dienone is 2. The van der Waals surface area contributed by atoms with Crippen LogP contribution < -0.4 is 5.43 Å². The molecule has 2 nitrogen and oxygen atoms in total. The lowest BCUT2D eigenvalue weighted by molar-refractivity contribution is 0.500. The lowest BCUT2D eigenvalue weighted by atomic mass is 9.97. The highest BCUT2D eigenvalue weighted by molar-refractivity contribution is 5.74. The van der Waals surface area contributed by atoms with Gasteiger partial charge in [0.15, 0.2) is 0 Å². The Hall–Kier alpha value is -0.790. The van der Waals surface area contributed by atoms with Crippen LogP contribution in [0.25, 0.3) is 0 Å².